The van der Waals surface area contributed by atoms with E-state index in [0.717, 1.165) is 6.26 Å². The molecule has 0 unspecified atom stereocenters. The maximum absolute atomic E-state index is 12.5. The van der Waals surface area contributed by atoms with Gasteiger partial charge in [-0.3, -0.25) is 9.59 Å². The highest BCUT2D eigenvalue weighted by atomic mass is 32.2. The monoisotopic (exact) mass is 358 g/mol. The van der Waals surface area contributed by atoms with E-state index < -0.39 is 15.7 Å². The Morgan fingerprint density at radius 2 is 1.60 bits per heavy atom. The molecule has 2 aromatic carbocycles. The van der Waals surface area contributed by atoms with Crippen LogP contribution < -0.4 is 10.6 Å². The van der Waals surface area contributed by atoms with Crippen LogP contribution in [0.1, 0.15) is 20.7 Å². The second-order valence-electron chi connectivity index (χ2n) is 5.27. The van der Waals surface area contributed by atoms with Crippen molar-refractivity contribution in [2.75, 3.05) is 18.1 Å². The summed E-state index contributed by atoms with van der Waals surface area (Å²) in [6, 6.07) is 12.4. The van der Waals surface area contributed by atoms with Crippen molar-refractivity contribution in [2.24, 2.45) is 0 Å². The Morgan fingerprint density at radius 1 is 1.00 bits per heavy atom. The van der Waals surface area contributed by atoms with Crippen LogP contribution in [0, 0.1) is 0 Å². The summed E-state index contributed by atoms with van der Waals surface area (Å²) in [5.74, 6) is -0.975. The molecule has 2 N–H and O–H groups in total. The van der Waals surface area contributed by atoms with Crippen molar-refractivity contribution < 1.29 is 18.0 Å². The maximum Gasteiger partial charge on any atom is 0.257 e. The first-order valence-electron chi connectivity index (χ1n) is 7.43. The minimum atomic E-state index is -3.56. The minimum Gasteiger partial charge on any atom is -0.349 e. The maximum atomic E-state index is 12.5. The Kier molecular flexibility index (Phi) is 5.71. The number of hydrogen-bond donors (Lipinski definition) is 2. The number of amides is 2. The molecular weight excluding hydrogens is 340 g/mol. The Bertz CT molecular complexity index is 920. The van der Waals surface area contributed by atoms with Gasteiger partial charge in [0.05, 0.1) is 21.7 Å². The van der Waals surface area contributed by atoms with Gasteiger partial charge in [0.1, 0.15) is 0 Å². The van der Waals surface area contributed by atoms with Crippen LogP contribution >= 0.6 is 0 Å². The summed E-state index contributed by atoms with van der Waals surface area (Å²) in [7, 11) is -3.56. The summed E-state index contributed by atoms with van der Waals surface area (Å²) in [5.41, 5.74) is 0.582. The smallest absolute Gasteiger partial charge is 0.257 e. The first-order chi connectivity index (χ1) is 11.8. The zero-order valence-electron chi connectivity index (χ0n) is 13.7. The van der Waals surface area contributed by atoms with Crippen LogP contribution in [0.4, 0.5) is 5.69 Å². The highest BCUT2D eigenvalue weighted by Crippen LogP contribution is 2.20. The van der Waals surface area contributed by atoms with Gasteiger partial charge in [-0.2, -0.15) is 0 Å². The standard InChI is InChI=1S/C18H18N2O4S/c1-3-12-19-17(21)13-8-4-6-10-15(13)20-18(22)14-9-5-7-11-16(14)25(2,23)24/h3-11H,1,12H2,2H3,(H,19,21)(H,20,22). The highest BCUT2D eigenvalue weighted by molar-refractivity contribution is 7.90. The van der Waals surface area contributed by atoms with Gasteiger partial charge in [-0.25, -0.2) is 8.42 Å². The number of anilines is 1. The van der Waals surface area contributed by atoms with Gasteiger partial charge in [0, 0.05) is 12.8 Å². The average molecular weight is 358 g/mol. The third-order valence-corrected chi connectivity index (χ3v) is 4.51. The number of carbonyl (C=O) groups excluding carboxylic acids is 2. The van der Waals surface area contributed by atoms with Crippen molar-refractivity contribution in [3.63, 3.8) is 0 Å². The zero-order valence-corrected chi connectivity index (χ0v) is 14.5. The molecule has 0 bridgehead atoms. The molecule has 0 aromatic heterocycles. The molecule has 130 valence electrons. The van der Waals surface area contributed by atoms with E-state index >= 15 is 0 Å². The number of sulfone groups is 1. The van der Waals surface area contributed by atoms with Crippen LogP contribution in [-0.2, 0) is 9.84 Å². The van der Waals surface area contributed by atoms with E-state index in [1.54, 1.807) is 42.5 Å². The van der Waals surface area contributed by atoms with Gasteiger partial charge in [0.2, 0.25) is 0 Å². The van der Waals surface area contributed by atoms with Crippen LogP contribution in [-0.4, -0.2) is 33.0 Å². The molecule has 0 atom stereocenters. The number of nitrogens with one attached hydrogen (secondary N) is 2. The van der Waals surface area contributed by atoms with E-state index in [0.29, 0.717) is 0 Å². The molecule has 0 aliphatic rings. The molecule has 2 aromatic rings. The number of benzene rings is 2. The Morgan fingerprint density at radius 3 is 2.24 bits per heavy atom. The zero-order chi connectivity index (χ0) is 18.4. The molecule has 2 amide bonds. The van der Waals surface area contributed by atoms with Gasteiger partial charge >= 0.3 is 0 Å². The number of hydrogen-bond acceptors (Lipinski definition) is 4. The van der Waals surface area contributed by atoms with Crippen molar-refractivity contribution in [3.05, 3.63) is 72.3 Å². The lowest BCUT2D eigenvalue weighted by Gasteiger charge is -2.12. The molecule has 0 radical (unpaired) electrons. The molecule has 0 heterocycles. The van der Waals surface area contributed by atoms with Crippen LogP contribution in [0.2, 0.25) is 0 Å². The fraction of sp³-hybridized carbons (Fsp3) is 0.111. The van der Waals surface area contributed by atoms with Gasteiger partial charge in [-0.15, -0.1) is 6.58 Å². The lowest BCUT2D eigenvalue weighted by Crippen LogP contribution is -2.25. The molecule has 2 rings (SSSR count). The van der Waals surface area contributed by atoms with Crippen molar-refractivity contribution in [1.29, 1.82) is 0 Å². The molecule has 25 heavy (non-hydrogen) atoms. The van der Waals surface area contributed by atoms with Crippen LogP contribution in [0.15, 0.2) is 66.1 Å². The molecule has 0 saturated carbocycles. The van der Waals surface area contributed by atoms with E-state index in [1.165, 1.54) is 12.1 Å². The highest BCUT2D eigenvalue weighted by Gasteiger charge is 2.19. The summed E-state index contributed by atoms with van der Waals surface area (Å²) in [5, 5.41) is 5.24. The molecule has 0 aliphatic heterocycles. The van der Waals surface area contributed by atoms with E-state index in [9.17, 15) is 18.0 Å². The van der Waals surface area contributed by atoms with E-state index in [4.69, 9.17) is 0 Å². The minimum absolute atomic E-state index is 0.0197. The fourth-order valence-corrected chi connectivity index (χ4v) is 3.10. The van der Waals surface area contributed by atoms with Crippen molar-refractivity contribution in [1.82, 2.24) is 5.32 Å². The van der Waals surface area contributed by atoms with E-state index in [2.05, 4.69) is 17.2 Å². The molecular formula is C18H18N2O4S. The lowest BCUT2D eigenvalue weighted by atomic mass is 10.1. The SMILES string of the molecule is C=CCNC(=O)c1ccccc1NC(=O)c1ccccc1S(C)(=O)=O. The van der Waals surface area contributed by atoms with Gasteiger partial charge < -0.3 is 10.6 Å². The molecule has 6 nitrogen and oxygen atoms in total. The first kappa shape index (κ1) is 18.4. The second kappa shape index (κ2) is 7.76. The molecule has 0 fully saturated rings. The van der Waals surface area contributed by atoms with Crippen molar-refractivity contribution in [2.45, 2.75) is 4.90 Å². The molecule has 0 spiro atoms. The van der Waals surface area contributed by atoms with Crippen molar-refractivity contribution in [3.8, 4) is 0 Å². The number of para-hydroxylation sites is 1. The Hall–Kier alpha value is -2.93. The number of rotatable bonds is 6. The molecule has 7 heteroatoms. The van der Waals surface area contributed by atoms with Crippen LogP contribution in [0.5, 0.6) is 0 Å². The summed E-state index contributed by atoms with van der Waals surface area (Å²) in [6.45, 7) is 3.82. The fourth-order valence-electron chi connectivity index (χ4n) is 2.22. The Balaban J connectivity index is 2.34. The van der Waals surface area contributed by atoms with Gasteiger partial charge in [-0.05, 0) is 24.3 Å². The van der Waals surface area contributed by atoms with E-state index in [-0.39, 0.29) is 34.2 Å². The molecule has 0 saturated heterocycles. The topological polar surface area (TPSA) is 92.3 Å². The summed E-state index contributed by atoms with van der Waals surface area (Å²) >= 11 is 0. The lowest BCUT2D eigenvalue weighted by molar-refractivity contribution is 0.0959. The predicted molar refractivity (Wildman–Crippen MR) is 96.5 cm³/mol. The van der Waals surface area contributed by atoms with Crippen molar-refractivity contribution >= 4 is 27.3 Å². The first-order valence-corrected chi connectivity index (χ1v) is 9.32. The number of carbonyl (C=O) groups is 2. The third kappa shape index (κ3) is 4.54. The van der Waals surface area contributed by atoms with Gasteiger partial charge in [0.15, 0.2) is 9.84 Å². The predicted octanol–water partition coefficient (Wildman–Crippen LogP) is 2.26. The van der Waals surface area contributed by atoms with Gasteiger partial charge in [-0.1, -0.05) is 30.3 Å². The van der Waals surface area contributed by atoms with Crippen LogP contribution in [0.25, 0.3) is 0 Å². The third-order valence-electron chi connectivity index (χ3n) is 3.36. The average Bonchev–Trinajstić information content (AvgIpc) is 2.59. The summed E-state index contributed by atoms with van der Waals surface area (Å²) < 4.78 is 23.7. The van der Waals surface area contributed by atoms with Crippen LogP contribution in [0.3, 0.4) is 0 Å². The summed E-state index contributed by atoms with van der Waals surface area (Å²) in [6.07, 6.45) is 2.58. The largest absolute Gasteiger partial charge is 0.349 e. The second-order valence-corrected chi connectivity index (χ2v) is 7.25. The normalized spacial score (nSPS) is 10.8. The molecule has 0 aliphatic carbocycles. The van der Waals surface area contributed by atoms with Gasteiger partial charge in [0.25, 0.3) is 11.8 Å². The van der Waals surface area contributed by atoms with E-state index in [1.807, 2.05) is 0 Å². The Labute approximate surface area is 146 Å². The summed E-state index contributed by atoms with van der Waals surface area (Å²) in [4.78, 5) is 24.6. The quantitative estimate of drug-likeness (QED) is 0.775.